The average molecular weight is 469 g/mol. The number of fused-ring (bicyclic) bond motifs is 1. The zero-order valence-electron chi connectivity index (χ0n) is 16.9. The summed E-state index contributed by atoms with van der Waals surface area (Å²) >= 11 is 13.4. The lowest BCUT2D eigenvalue weighted by Crippen LogP contribution is -2.20. The summed E-state index contributed by atoms with van der Waals surface area (Å²) in [5.74, 6) is 0.539. The van der Waals surface area contributed by atoms with Crippen LogP contribution in [0.1, 0.15) is 59.8 Å². The fraction of sp³-hybridized carbons (Fsp3) is 0.455. The molecular weight excluding hydrogens is 443 g/mol. The molecule has 0 aliphatic heterocycles. The van der Waals surface area contributed by atoms with Crippen LogP contribution in [0.4, 0.5) is 5.00 Å². The minimum atomic E-state index is -0.475. The molecule has 0 spiro atoms. The van der Waals surface area contributed by atoms with Crippen LogP contribution in [0.2, 0.25) is 10.0 Å². The molecule has 2 aromatic rings. The summed E-state index contributed by atoms with van der Waals surface area (Å²) in [5, 5.41) is 4.45. The van der Waals surface area contributed by atoms with Crippen molar-refractivity contribution in [2.75, 3.05) is 11.9 Å². The summed E-state index contributed by atoms with van der Waals surface area (Å²) in [4.78, 5) is 25.7. The summed E-state index contributed by atoms with van der Waals surface area (Å²) in [5.41, 5.74) is 7.15. The molecule has 1 unspecified atom stereocenters. The first kappa shape index (κ1) is 22.9. The quantitative estimate of drug-likeness (QED) is 0.452. The van der Waals surface area contributed by atoms with Crippen LogP contribution < -0.4 is 15.8 Å². The molecule has 5 nitrogen and oxygen atoms in total. The van der Waals surface area contributed by atoms with E-state index in [1.54, 1.807) is 18.2 Å². The van der Waals surface area contributed by atoms with E-state index in [-0.39, 0.29) is 12.3 Å². The Hall–Kier alpha value is -1.76. The van der Waals surface area contributed by atoms with Crippen molar-refractivity contribution in [2.45, 2.75) is 51.9 Å². The maximum atomic E-state index is 12.4. The zero-order chi connectivity index (χ0) is 21.7. The Morgan fingerprint density at radius 3 is 2.83 bits per heavy atom. The van der Waals surface area contributed by atoms with Crippen LogP contribution in [0.5, 0.6) is 5.75 Å². The predicted octanol–water partition coefficient (Wildman–Crippen LogP) is 5.86. The standard InChI is InChI=1S/C22H26Cl2N2O3S/c1-2-4-13-6-8-15-18(11-13)30-22(20(15)21(25)28)26-19(27)5-3-10-29-17-9-7-14(23)12-16(17)24/h7,9,12-13H,2-6,8,10-11H2,1H3,(H2,25,28)(H,26,27). The third-order valence-corrected chi connectivity index (χ3v) is 6.96. The molecule has 1 aromatic carbocycles. The lowest BCUT2D eigenvalue weighted by atomic mass is 9.84. The lowest BCUT2D eigenvalue weighted by molar-refractivity contribution is -0.116. The highest BCUT2D eigenvalue weighted by Crippen LogP contribution is 2.40. The van der Waals surface area contributed by atoms with Crippen molar-refractivity contribution < 1.29 is 14.3 Å². The molecule has 3 rings (SSSR count). The number of nitrogens with one attached hydrogen (secondary N) is 1. The normalized spacial score (nSPS) is 15.5. The molecule has 1 heterocycles. The number of carbonyl (C=O) groups excluding carboxylic acids is 2. The van der Waals surface area contributed by atoms with Crippen LogP contribution in [0.15, 0.2) is 18.2 Å². The number of hydrogen-bond acceptors (Lipinski definition) is 4. The number of primary amides is 1. The first-order valence-corrected chi connectivity index (χ1v) is 11.8. The van der Waals surface area contributed by atoms with Gasteiger partial charge in [-0.2, -0.15) is 0 Å². The summed E-state index contributed by atoms with van der Waals surface area (Å²) in [6.07, 6.45) is 5.99. The topological polar surface area (TPSA) is 81.4 Å². The Morgan fingerprint density at radius 1 is 1.33 bits per heavy atom. The van der Waals surface area contributed by atoms with Crippen molar-refractivity contribution in [2.24, 2.45) is 11.7 Å². The first-order valence-electron chi connectivity index (χ1n) is 10.2. The summed E-state index contributed by atoms with van der Waals surface area (Å²) in [6.45, 7) is 2.53. The summed E-state index contributed by atoms with van der Waals surface area (Å²) in [7, 11) is 0. The molecule has 0 saturated carbocycles. The Morgan fingerprint density at radius 2 is 2.13 bits per heavy atom. The van der Waals surface area contributed by atoms with Crippen molar-refractivity contribution in [3.05, 3.63) is 44.2 Å². The van der Waals surface area contributed by atoms with Gasteiger partial charge in [-0.1, -0.05) is 43.0 Å². The predicted molar refractivity (Wildman–Crippen MR) is 123 cm³/mol. The first-order chi connectivity index (χ1) is 14.4. The van der Waals surface area contributed by atoms with Gasteiger partial charge in [-0.3, -0.25) is 9.59 Å². The molecule has 1 aromatic heterocycles. The lowest BCUT2D eigenvalue weighted by Gasteiger charge is -2.21. The Balaban J connectivity index is 1.56. The van der Waals surface area contributed by atoms with E-state index in [9.17, 15) is 9.59 Å². The van der Waals surface area contributed by atoms with Crippen LogP contribution in [0.25, 0.3) is 0 Å². The van der Waals surface area contributed by atoms with E-state index in [2.05, 4.69) is 12.2 Å². The smallest absolute Gasteiger partial charge is 0.251 e. The van der Waals surface area contributed by atoms with E-state index >= 15 is 0 Å². The summed E-state index contributed by atoms with van der Waals surface area (Å²) < 4.78 is 5.61. The maximum Gasteiger partial charge on any atom is 0.251 e. The molecule has 0 fully saturated rings. The highest BCUT2D eigenvalue weighted by Gasteiger charge is 2.28. The number of nitrogens with two attached hydrogens (primary N) is 1. The summed E-state index contributed by atoms with van der Waals surface area (Å²) in [6, 6.07) is 5.01. The van der Waals surface area contributed by atoms with Gasteiger partial charge in [-0.15, -0.1) is 11.3 Å². The molecule has 8 heteroatoms. The van der Waals surface area contributed by atoms with Crippen LogP contribution in [0, 0.1) is 5.92 Å². The van der Waals surface area contributed by atoms with E-state index in [4.69, 9.17) is 33.7 Å². The van der Waals surface area contributed by atoms with Gasteiger partial charge >= 0.3 is 0 Å². The van der Waals surface area contributed by atoms with Crippen molar-refractivity contribution in [1.29, 1.82) is 0 Å². The van der Waals surface area contributed by atoms with Gasteiger partial charge < -0.3 is 15.8 Å². The van der Waals surface area contributed by atoms with Gasteiger partial charge in [0.05, 0.1) is 17.2 Å². The van der Waals surface area contributed by atoms with E-state index in [1.165, 1.54) is 22.6 Å². The number of halogens is 2. The number of rotatable bonds is 9. The maximum absolute atomic E-state index is 12.4. The second kappa shape index (κ2) is 10.5. The van der Waals surface area contributed by atoms with E-state index in [1.807, 2.05) is 0 Å². The highest BCUT2D eigenvalue weighted by atomic mass is 35.5. The molecule has 0 saturated heterocycles. The third kappa shape index (κ3) is 5.68. The molecule has 2 amide bonds. The minimum absolute atomic E-state index is 0.160. The number of carbonyl (C=O) groups is 2. The molecule has 30 heavy (non-hydrogen) atoms. The van der Waals surface area contributed by atoms with Gasteiger partial charge in [0, 0.05) is 16.3 Å². The van der Waals surface area contributed by atoms with Crippen LogP contribution in [-0.2, 0) is 17.6 Å². The fourth-order valence-electron chi connectivity index (χ4n) is 3.85. The SMILES string of the molecule is CCCC1CCc2c(sc(NC(=O)CCCOc3ccc(Cl)cc3Cl)c2C(N)=O)C1. The molecule has 0 bridgehead atoms. The zero-order valence-corrected chi connectivity index (χ0v) is 19.3. The fourth-order valence-corrected chi connectivity index (χ4v) is 5.70. The van der Waals surface area contributed by atoms with E-state index < -0.39 is 5.91 Å². The average Bonchev–Trinajstić information content (AvgIpc) is 3.04. The molecule has 1 aliphatic carbocycles. The van der Waals surface area contributed by atoms with Crippen molar-refractivity contribution in [1.82, 2.24) is 0 Å². The van der Waals surface area contributed by atoms with Crippen molar-refractivity contribution in [3.8, 4) is 5.75 Å². The molecule has 1 aliphatic rings. The van der Waals surface area contributed by atoms with Gasteiger partial charge in [-0.05, 0) is 55.4 Å². The van der Waals surface area contributed by atoms with E-state index in [0.29, 0.717) is 45.3 Å². The Bertz CT molecular complexity index is 929. The number of benzene rings is 1. The van der Waals surface area contributed by atoms with Crippen molar-refractivity contribution in [3.63, 3.8) is 0 Å². The monoisotopic (exact) mass is 468 g/mol. The molecular formula is C22H26Cl2N2O3S. The minimum Gasteiger partial charge on any atom is -0.492 e. The molecule has 0 radical (unpaired) electrons. The molecule has 3 N–H and O–H groups in total. The van der Waals surface area contributed by atoms with Gasteiger partial charge in [0.2, 0.25) is 5.91 Å². The number of hydrogen-bond donors (Lipinski definition) is 2. The van der Waals surface area contributed by atoms with Crippen LogP contribution in [-0.4, -0.2) is 18.4 Å². The third-order valence-electron chi connectivity index (χ3n) is 5.26. The van der Waals surface area contributed by atoms with Crippen LogP contribution >= 0.6 is 34.5 Å². The second-order valence-corrected chi connectivity index (χ2v) is 9.49. The van der Waals surface area contributed by atoms with Gasteiger partial charge in [-0.25, -0.2) is 0 Å². The van der Waals surface area contributed by atoms with Gasteiger partial charge in [0.25, 0.3) is 5.91 Å². The van der Waals surface area contributed by atoms with Gasteiger partial charge in [0.15, 0.2) is 0 Å². The Kier molecular flexibility index (Phi) is 8.03. The second-order valence-electron chi connectivity index (χ2n) is 7.54. The Labute approximate surface area is 190 Å². The number of ether oxygens (including phenoxy) is 1. The van der Waals surface area contributed by atoms with E-state index in [0.717, 1.165) is 31.2 Å². The molecule has 1 atom stereocenters. The van der Waals surface area contributed by atoms with Gasteiger partial charge in [0.1, 0.15) is 10.8 Å². The number of anilines is 1. The number of amides is 2. The van der Waals surface area contributed by atoms with Crippen LogP contribution in [0.3, 0.4) is 0 Å². The highest BCUT2D eigenvalue weighted by molar-refractivity contribution is 7.17. The van der Waals surface area contributed by atoms with Crippen molar-refractivity contribution >= 4 is 51.4 Å². The molecule has 162 valence electrons. The largest absolute Gasteiger partial charge is 0.492 e. The number of thiophene rings is 1.